The molecule has 1 rings (SSSR count). The molecule has 0 radical (unpaired) electrons. The van der Waals surface area contributed by atoms with Crippen molar-refractivity contribution in [3.05, 3.63) is 72.9 Å². The van der Waals surface area contributed by atoms with Crippen LogP contribution in [0.25, 0.3) is 0 Å². The second kappa shape index (κ2) is 36.7. The summed E-state index contributed by atoms with van der Waals surface area (Å²) < 4.78 is 38.5. The Kier molecular flexibility index (Phi) is 33.7. The molecule has 1 heterocycles. The summed E-state index contributed by atoms with van der Waals surface area (Å²) in [6.45, 7) is 3.53. The molecular formula is C45H76NO9P. The first-order chi connectivity index (χ1) is 27.3. The summed E-state index contributed by atoms with van der Waals surface area (Å²) in [4.78, 5) is 34.9. The Morgan fingerprint density at radius 2 is 1.16 bits per heavy atom. The highest BCUT2D eigenvalue weighted by atomic mass is 31.2. The Hall–Kier alpha value is -2.59. The summed E-state index contributed by atoms with van der Waals surface area (Å²) in [5.41, 5.74) is 5.34. The molecule has 0 aromatic carbocycles. The average Bonchev–Trinajstić information content (AvgIpc) is 3.94. The van der Waals surface area contributed by atoms with Crippen LogP contribution in [-0.2, 0) is 37.4 Å². The highest BCUT2D eigenvalue weighted by Gasteiger charge is 2.36. The lowest BCUT2D eigenvalue weighted by Gasteiger charge is -2.19. The summed E-state index contributed by atoms with van der Waals surface area (Å²) in [6.07, 6.45) is 46.7. The van der Waals surface area contributed by atoms with Crippen LogP contribution in [0.5, 0.6) is 0 Å². The molecular weight excluding hydrogens is 729 g/mol. The SMILES string of the molecule is CCCCC/C=C\C/C=C\C/C=C\CC1OC1CCCC(=O)O[C@H](COC(=O)CCC/C=C\C/C=C\C/C=C\CCCCCCCC)COP(=O)(O)OCCN. The maximum absolute atomic E-state index is 12.6. The molecule has 0 bridgehead atoms. The van der Waals surface area contributed by atoms with Gasteiger partial charge in [0, 0.05) is 19.4 Å². The fraction of sp³-hybridized carbons (Fsp3) is 0.689. The van der Waals surface area contributed by atoms with Crippen molar-refractivity contribution in [2.24, 2.45) is 5.73 Å². The number of allylic oxidation sites excluding steroid dienone is 11. The minimum atomic E-state index is -4.42. The number of rotatable bonds is 38. The number of epoxide rings is 1. The van der Waals surface area contributed by atoms with E-state index >= 15 is 0 Å². The molecule has 3 unspecified atom stereocenters. The van der Waals surface area contributed by atoms with Crippen LogP contribution in [-0.4, -0.2) is 61.5 Å². The molecule has 1 saturated heterocycles. The number of unbranched alkanes of at least 4 members (excludes halogenated alkanes) is 10. The number of phosphoric acid groups is 1. The first-order valence-corrected chi connectivity index (χ1v) is 23.0. The number of hydrogen-bond donors (Lipinski definition) is 2. The molecule has 56 heavy (non-hydrogen) atoms. The van der Waals surface area contributed by atoms with E-state index in [9.17, 15) is 19.0 Å². The summed E-state index contributed by atoms with van der Waals surface area (Å²) in [5.74, 6) is -0.973. The van der Waals surface area contributed by atoms with Gasteiger partial charge in [0.1, 0.15) is 6.61 Å². The average molecular weight is 806 g/mol. The molecule has 0 aromatic heterocycles. The van der Waals surface area contributed by atoms with Crippen LogP contribution in [0.4, 0.5) is 0 Å². The number of nitrogens with two attached hydrogens (primary N) is 1. The van der Waals surface area contributed by atoms with Crippen molar-refractivity contribution >= 4 is 19.8 Å². The maximum atomic E-state index is 12.6. The predicted molar refractivity (Wildman–Crippen MR) is 228 cm³/mol. The van der Waals surface area contributed by atoms with Gasteiger partial charge in [-0.3, -0.25) is 18.6 Å². The lowest BCUT2D eigenvalue weighted by molar-refractivity contribution is -0.161. The first kappa shape index (κ1) is 51.4. The van der Waals surface area contributed by atoms with E-state index in [-0.39, 0.29) is 44.8 Å². The van der Waals surface area contributed by atoms with Crippen LogP contribution in [0.2, 0.25) is 0 Å². The van der Waals surface area contributed by atoms with Gasteiger partial charge in [0.05, 0.1) is 25.4 Å². The van der Waals surface area contributed by atoms with Crippen LogP contribution < -0.4 is 5.73 Å². The van der Waals surface area contributed by atoms with Gasteiger partial charge in [-0.1, -0.05) is 132 Å². The van der Waals surface area contributed by atoms with Crippen molar-refractivity contribution in [1.29, 1.82) is 0 Å². The molecule has 0 aliphatic carbocycles. The zero-order valence-corrected chi connectivity index (χ0v) is 35.7. The van der Waals surface area contributed by atoms with Crippen LogP contribution in [0.1, 0.15) is 155 Å². The number of phosphoric ester groups is 1. The number of esters is 2. The van der Waals surface area contributed by atoms with Crippen LogP contribution >= 0.6 is 7.82 Å². The zero-order chi connectivity index (χ0) is 40.8. The fourth-order valence-corrected chi connectivity index (χ4v) is 6.44. The van der Waals surface area contributed by atoms with Gasteiger partial charge in [0.2, 0.25) is 0 Å². The van der Waals surface area contributed by atoms with E-state index in [0.717, 1.165) is 51.4 Å². The molecule has 0 saturated carbocycles. The Bertz CT molecular complexity index is 1210. The standard InChI is InChI=1S/C45H76NO9P/c1-3-5-7-9-11-13-15-17-18-19-20-21-23-25-27-29-31-35-44(47)51-39-41(40-53-56(49,50)52-38-37-46)54-45(48)36-32-34-43-42(55-43)33-30-28-26-24-22-16-14-12-10-8-6-4-2/h12,14,17-18,20-22,24-25,27-28,30,41-43H,3-11,13,15-16,19,23,26,29,31-40,46H2,1-2H3,(H,49,50)/b14-12-,18-17-,21-20-,24-22-,27-25-,30-28-/t41-,42?,43?/m1/s1. The Balaban J connectivity index is 2.29. The van der Waals surface area contributed by atoms with Crippen LogP contribution in [0.15, 0.2) is 72.9 Å². The summed E-state index contributed by atoms with van der Waals surface area (Å²) >= 11 is 0. The Labute approximate surface area is 339 Å². The normalized spacial score (nSPS) is 17.6. The summed E-state index contributed by atoms with van der Waals surface area (Å²) in [5, 5.41) is 0. The summed E-state index contributed by atoms with van der Waals surface area (Å²) in [7, 11) is -4.42. The third-order valence-electron chi connectivity index (χ3n) is 8.99. The first-order valence-electron chi connectivity index (χ1n) is 21.5. The highest BCUT2D eigenvalue weighted by Crippen LogP contribution is 2.43. The number of carbonyl (C=O) groups is 2. The third-order valence-corrected chi connectivity index (χ3v) is 9.97. The Morgan fingerprint density at radius 3 is 1.79 bits per heavy atom. The van der Waals surface area contributed by atoms with Crippen molar-refractivity contribution < 1.29 is 42.3 Å². The molecule has 10 nitrogen and oxygen atoms in total. The second-order valence-electron chi connectivity index (χ2n) is 14.2. The maximum Gasteiger partial charge on any atom is 0.472 e. The van der Waals surface area contributed by atoms with E-state index in [2.05, 4.69) is 80.7 Å². The summed E-state index contributed by atoms with van der Waals surface area (Å²) in [6, 6.07) is 0. The topological polar surface area (TPSA) is 147 Å². The molecule has 0 aromatic rings. The van der Waals surface area contributed by atoms with E-state index in [0.29, 0.717) is 19.3 Å². The molecule has 320 valence electrons. The van der Waals surface area contributed by atoms with E-state index in [1.807, 2.05) is 6.08 Å². The van der Waals surface area contributed by atoms with Gasteiger partial charge in [0.15, 0.2) is 6.10 Å². The number of carbonyl (C=O) groups excluding carboxylic acids is 2. The molecule has 1 aliphatic heterocycles. The minimum absolute atomic E-state index is 0.0311. The quantitative estimate of drug-likeness (QED) is 0.0203. The van der Waals surface area contributed by atoms with Crippen molar-refractivity contribution in [2.45, 2.75) is 173 Å². The van der Waals surface area contributed by atoms with Gasteiger partial charge >= 0.3 is 19.8 Å². The van der Waals surface area contributed by atoms with Gasteiger partial charge in [-0.15, -0.1) is 0 Å². The molecule has 0 amide bonds. The van der Waals surface area contributed by atoms with Crippen molar-refractivity contribution in [1.82, 2.24) is 0 Å². The zero-order valence-electron chi connectivity index (χ0n) is 34.8. The van der Waals surface area contributed by atoms with Gasteiger partial charge in [-0.25, -0.2) is 4.57 Å². The molecule has 1 fully saturated rings. The minimum Gasteiger partial charge on any atom is -0.462 e. The Morgan fingerprint density at radius 1 is 0.643 bits per heavy atom. The molecule has 11 heteroatoms. The predicted octanol–water partition coefficient (Wildman–Crippen LogP) is 11.3. The van der Waals surface area contributed by atoms with E-state index in [4.69, 9.17) is 29.0 Å². The van der Waals surface area contributed by atoms with Crippen molar-refractivity contribution in [3.8, 4) is 0 Å². The third kappa shape index (κ3) is 33.5. The highest BCUT2D eigenvalue weighted by molar-refractivity contribution is 7.47. The number of hydrogen-bond acceptors (Lipinski definition) is 9. The largest absolute Gasteiger partial charge is 0.472 e. The van der Waals surface area contributed by atoms with Gasteiger partial charge in [-0.05, 0) is 83.5 Å². The molecule has 0 spiro atoms. The van der Waals surface area contributed by atoms with Gasteiger partial charge in [0.25, 0.3) is 0 Å². The number of ether oxygens (including phenoxy) is 3. The fourth-order valence-electron chi connectivity index (χ4n) is 5.68. The van der Waals surface area contributed by atoms with Crippen LogP contribution in [0, 0.1) is 0 Å². The van der Waals surface area contributed by atoms with Crippen molar-refractivity contribution in [3.63, 3.8) is 0 Å². The lowest BCUT2D eigenvalue weighted by atomic mass is 10.1. The monoisotopic (exact) mass is 806 g/mol. The van der Waals surface area contributed by atoms with Crippen molar-refractivity contribution in [2.75, 3.05) is 26.4 Å². The van der Waals surface area contributed by atoms with E-state index in [1.54, 1.807) is 0 Å². The smallest absolute Gasteiger partial charge is 0.462 e. The van der Waals surface area contributed by atoms with Gasteiger partial charge in [-0.2, -0.15) is 0 Å². The van der Waals surface area contributed by atoms with E-state index < -0.39 is 32.5 Å². The van der Waals surface area contributed by atoms with Crippen LogP contribution in [0.3, 0.4) is 0 Å². The van der Waals surface area contributed by atoms with E-state index in [1.165, 1.54) is 57.8 Å². The lowest BCUT2D eigenvalue weighted by Crippen LogP contribution is -2.29. The molecule has 4 atom stereocenters. The molecule has 3 N–H and O–H groups in total. The molecule has 1 aliphatic rings. The van der Waals surface area contributed by atoms with Gasteiger partial charge < -0.3 is 24.8 Å². The second-order valence-corrected chi connectivity index (χ2v) is 15.7.